The fourth-order valence-corrected chi connectivity index (χ4v) is 3.49. The molecule has 2 heteroatoms. The predicted molar refractivity (Wildman–Crippen MR) is 85.5 cm³/mol. The van der Waals surface area contributed by atoms with Crippen LogP contribution in [0.25, 0.3) is 10.9 Å². The van der Waals surface area contributed by atoms with E-state index >= 15 is 0 Å². The molecule has 0 amide bonds. The van der Waals surface area contributed by atoms with Gasteiger partial charge in [-0.25, -0.2) is 0 Å². The maximum Gasteiger partial charge on any atom is 0.123 e. The average Bonchev–Trinajstić information content (AvgIpc) is 2.81. The number of aryl methyl sites for hydroxylation is 1. The van der Waals surface area contributed by atoms with Crippen molar-refractivity contribution in [1.82, 2.24) is 4.57 Å². The van der Waals surface area contributed by atoms with Gasteiger partial charge >= 0.3 is 0 Å². The summed E-state index contributed by atoms with van der Waals surface area (Å²) in [6.45, 7) is 5.29. The Labute approximate surface area is 125 Å². The zero-order chi connectivity index (χ0) is 14.4. The smallest absolute Gasteiger partial charge is 0.123 e. The van der Waals surface area contributed by atoms with Crippen LogP contribution >= 0.6 is 0 Å². The second-order valence-corrected chi connectivity index (χ2v) is 5.88. The SMILES string of the molecule is Cc1c2n(c3ccccc13)C[C@@H](C)O[C@H]2c1ccccc1. The number of rotatable bonds is 1. The van der Waals surface area contributed by atoms with E-state index < -0.39 is 0 Å². The van der Waals surface area contributed by atoms with Crippen molar-refractivity contribution in [3.8, 4) is 0 Å². The molecule has 1 aromatic heterocycles. The van der Waals surface area contributed by atoms with Crippen LogP contribution in [0.15, 0.2) is 54.6 Å². The summed E-state index contributed by atoms with van der Waals surface area (Å²) in [5.74, 6) is 0. The fraction of sp³-hybridized carbons (Fsp3) is 0.263. The summed E-state index contributed by atoms with van der Waals surface area (Å²) in [5, 5.41) is 1.34. The molecule has 2 nitrogen and oxygen atoms in total. The molecule has 0 saturated carbocycles. The number of para-hydroxylation sites is 1. The van der Waals surface area contributed by atoms with Crippen LogP contribution in [0.5, 0.6) is 0 Å². The molecule has 1 aliphatic rings. The van der Waals surface area contributed by atoms with Crippen LogP contribution in [0, 0.1) is 6.92 Å². The van der Waals surface area contributed by atoms with Crippen LogP contribution in [-0.2, 0) is 11.3 Å². The van der Waals surface area contributed by atoms with Crippen molar-refractivity contribution in [2.75, 3.05) is 0 Å². The highest BCUT2D eigenvalue weighted by Gasteiger charge is 2.30. The highest BCUT2D eigenvalue weighted by Crippen LogP contribution is 2.38. The third kappa shape index (κ3) is 1.90. The fourth-order valence-electron chi connectivity index (χ4n) is 3.49. The second kappa shape index (κ2) is 4.74. The van der Waals surface area contributed by atoms with Crippen LogP contribution in [0.2, 0.25) is 0 Å². The summed E-state index contributed by atoms with van der Waals surface area (Å²) in [7, 11) is 0. The summed E-state index contributed by atoms with van der Waals surface area (Å²) in [6, 6.07) is 19.2. The van der Waals surface area contributed by atoms with E-state index in [0.29, 0.717) is 0 Å². The normalized spacial score (nSPS) is 21.4. The van der Waals surface area contributed by atoms with E-state index in [2.05, 4.69) is 73.0 Å². The number of hydrogen-bond acceptors (Lipinski definition) is 1. The number of aromatic nitrogens is 1. The van der Waals surface area contributed by atoms with Gasteiger partial charge in [-0.1, -0.05) is 48.5 Å². The molecular formula is C19H19NO. The Bertz CT molecular complexity index is 788. The zero-order valence-electron chi connectivity index (χ0n) is 12.4. The second-order valence-electron chi connectivity index (χ2n) is 5.88. The highest BCUT2D eigenvalue weighted by molar-refractivity contribution is 5.85. The highest BCUT2D eigenvalue weighted by atomic mass is 16.5. The van der Waals surface area contributed by atoms with Gasteiger partial charge in [-0.15, -0.1) is 0 Å². The van der Waals surface area contributed by atoms with Crippen molar-refractivity contribution in [1.29, 1.82) is 0 Å². The molecule has 0 saturated heterocycles. The van der Waals surface area contributed by atoms with Crippen LogP contribution in [0.1, 0.15) is 29.8 Å². The van der Waals surface area contributed by atoms with Gasteiger partial charge in [0.1, 0.15) is 6.10 Å². The van der Waals surface area contributed by atoms with Crippen molar-refractivity contribution in [3.05, 3.63) is 71.4 Å². The molecule has 0 radical (unpaired) electrons. The number of ether oxygens (including phenoxy) is 1. The van der Waals surface area contributed by atoms with E-state index in [9.17, 15) is 0 Å². The number of fused-ring (bicyclic) bond motifs is 3. The number of benzene rings is 2. The lowest BCUT2D eigenvalue weighted by molar-refractivity contribution is -0.0146. The summed E-state index contributed by atoms with van der Waals surface area (Å²) in [6.07, 6.45) is 0.250. The molecule has 1 aliphatic heterocycles. The van der Waals surface area contributed by atoms with Gasteiger partial charge in [-0.05, 0) is 31.0 Å². The average molecular weight is 277 g/mol. The van der Waals surface area contributed by atoms with Crippen molar-refractivity contribution < 1.29 is 4.74 Å². The summed E-state index contributed by atoms with van der Waals surface area (Å²) in [5.41, 5.74) is 5.20. The Morgan fingerprint density at radius 3 is 2.52 bits per heavy atom. The molecule has 21 heavy (non-hydrogen) atoms. The Morgan fingerprint density at radius 2 is 1.71 bits per heavy atom. The van der Waals surface area contributed by atoms with Gasteiger partial charge < -0.3 is 9.30 Å². The van der Waals surface area contributed by atoms with E-state index in [1.807, 2.05) is 0 Å². The lowest BCUT2D eigenvalue weighted by Gasteiger charge is -2.31. The Kier molecular flexibility index (Phi) is 2.86. The first kappa shape index (κ1) is 12.7. The van der Waals surface area contributed by atoms with Crippen LogP contribution in [-0.4, -0.2) is 10.7 Å². The Balaban J connectivity index is 1.99. The Hall–Kier alpha value is -2.06. The van der Waals surface area contributed by atoms with Gasteiger partial charge in [0, 0.05) is 17.4 Å². The minimum Gasteiger partial charge on any atom is -0.362 e. The number of hydrogen-bond donors (Lipinski definition) is 0. The lowest BCUT2D eigenvalue weighted by atomic mass is 10.0. The summed E-state index contributed by atoms with van der Waals surface area (Å²) < 4.78 is 8.73. The van der Waals surface area contributed by atoms with Crippen molar-refractivity contribution >= 4 is 10.9 Å². The topological polar surface area (TPSA) is 14.2 Å². The first-order valence-electron chi connectivity index (χ1n) is 7.54. The molecule has 2 aromatic carbocycles. The molecule has 0 spiro atoms. The number of nitrogens with zero attached hydrogens (tertiary/aromatic N) is 1. The van der Waals surface area contributed by atoms with Crippen molar-refractivity contribution in [2.45, 2.75) is 32.6 Å². The molecule has 0 N–H and O–H groups in total. The van der Waals surface area contributed by atoms with E-state index in [4.69, 9.17) is 4.74 Å². The minimum absolute atomic E-state index is 0.0300. The minimum atomic E-state index is 0.0300. The predicted octanol–water partition coefficient (Wildman–Crippen LogP) is 4.46. The standard InChI is InChI=1S/C19H19NO/c1-13-12-20-17-11-7-6-10-16(17)14(2)18(20)19(21-13)15-8-4-3-5-9-15/h3-11,13,19H,12H2,1-2H3/t13-,19+/m1/s1. The van der Waals surface area contributed by atoms with Crippen LogP contribution in [0.4, 0.5) is 0 Å². The first-order valence-corrected chi connectivity index (χ1v) is 7.54. The summed E-state index contributed by atoms with van der Waals surface area (Å²) >= 11 is 0. The van der Waals surface area contributed by atoms with Crippen molar-refractivity contribution in [2.24, 2.45) is 0 Å². The maximum absolute atomic E-state index is 6.29. The monoisotopic (exact) mass is 277 g/mol. The van der Waals surface area contributed by atoms with Gasteiger partial charge in [0.2, 0.25) is 0 Å². The van der Waals surface area contributed by atoms with Gasteiger partial charge in [-0.3, -0.25) is 0 Å². The maximum atomic E-state index is 6.29. The van der Waals surface area contributed by atoms with E-state index in [-0.39, 0.29) is 12.2 Å². The van der Waals surface area contributed by atoms with E-state index in [0.717, 1.165) is 6.54 Å². The van der Waals surface area contributed by atoms with Crippen LogP contribution in [0.3, 0.4) is 0 Å². The largest absolute Gasteiger partial charge is 0.362 e. The molecule has 0 unspecified atom stereocenters. The quantitative estimate of drug-likeness (QED) is 0.640. The van der Waals surface area contributed by atoms with Crippen molar-refractivity contribution in [3.63, 3.8) is 0 Å². The first-order chi connectivity index (χ1) is 10.3. The third-order valence-electron chi connectivity index (χ3n) is 4.43. The van der Waals surface area contributed by atoms with E-state index in [1.54, 1.807) is 0 Å². The zero-order valence-corrected chi connectivity index (χ0v) is 12.4. The van der Waals surface area contributed by atoms with Crippen LogP contribution < -0.4 is 0 Å². The molecule has 2 heterocycles. The van der Waals surface area contributed by atoms with Gasteiger partial charge in [0.25, 0.3) is 0 Å². The molecule has 3 aromatic rings. The molecule has 106 valence electrons. The van der Waals surface area contributed by atoms with Gasteiger partial charge in [0.05, 0.1) is 11.8 Å². The molecule has 0 aliphatic carbocycles. The molecule has 2 atom stereocenters. The lowest BCUT2D eigenvalue weighted by Crippen LogP contribution is -2.29. The Morgan fingerprint density at radius 1 is 1.00 bits per heavy atom. The third-order valence-corrected chi connectivity index (χ3v) is 4.43. The molecule has 0 bridgehead atoms. The molecular weight excluding hydrogens is 258 g/mol. The van der Waals surface area contributed by atoms with E-state index in [1.165, 1.54) is 27.7 Å². The molecule has 4 rings (SSSR count). The molecule has 0 fully saturated rings. The van der Waals surface area contributed by atoms with Gasteiger partial charge in [-0.2, -0.15) is 0 Å². The van der Waals surface area contributed by atoms with Gasteiger partial charge in [0.15, 0.2) is 0 Å². The summed E-state index contributed by atoms with van der Waals surface area (Å²) in [4.78, 5) is 0.